The molecule has 2 aromatic heterocycles. The van der Waals surface area contributed by atoms with Crippen LogP contribution in [0.4, 0.5) is 0 Å². The van der Waals surface area contributed by atoms with Gasteiger partial charge in [0.05, 0.1) is 11.3 Å². The molecule has 1 amide bonds. The zero-order chi connectivity index (χ0) is 16.3. The van der Waals surface area contributed by atoms with Gasteiger partial charge in [-0.1, -0.05) is 31.0 Å². The van der Waals surface area contributed by atoms with E-state index >= 15 is 0 Å². The third-order valence-electron chi connectivity index (χ3n) is 4.17. The number of rotatable bonds is 4. The lowest BCUT2D eigenvalue weighted by Gasteiger charge is -2.32. The summed E-state index contributed by atoms with van der Waals surface area (Å²) in [6, 6.07) is 4.30. The fourth-order valence-electron chi connectivity index (χ4n) is 2.84. The second kappa shape index (κ2) is 6.85. The second-order valence-corrected chi connectivity index (χ2v) is 8.05. The highest BCUT2D eigenvalue weighted by molar-refractivity contribution is 8.00. The highest BCUT2D eigenvalue weighted by Crippen LogP contribution is 2.32. The van der Waals surface area contributed by atoms with Crippen LogP contribution in [0.1, 0.15) is 39.0 Å². The molecule has 0 bridgehead atoms. The first-order chi connectivity index (χ1) is 11.1. The van der Waals surface area contributed by atoms with Crippen molar-refractivity contribution in [1.29, 1.82) is 5.26 Å². The van der Waals surface area contributed by atoms with Crippen LogP contribution in [0.25, 0.3) is 10.2 Å². The number of nitrogens with one attached hydrogen (secondary N) is 1. The van der Waals surface area contributed by atoms with Crippen LogP contribution < -0.4 is 5.32 Å². The van der Waals surface area contributed by atoms with E-state index in [2.05, 4.69) is 21.4 Å². The molecular formula is C16H18N4OS2. The van der Waals surface area contributed by atoms with Gasteiger partial charge in [-0.2, -0.15) is 5.26 Å². The van der Waals surface area contributed by atoms with Crippen LogP contribution in [0.15, 0.2) is 22.8 Å². The van der Waals surface area contributed by atoms with Gasteiger partial charge in [-0.3, -0.25) is 4.79 Å². The van der Waals surface area contributed by atoms with E-state index in [4.69, 9.17) is 0 Å². The van der Waals surface area contributed by atoms with Crippen molar-refractivity contribution >= 4 is 39.2 Å². The SMILES string of the molecule is C[C@H](Sc1ncnc2sccc12)C(=O)NC1(C#N)CCCCC1. The van der Waals surface area contributed by atoms with Gasteiger partial charge in [0, 0.05) is 5.39 Å². The lowest BCUT2D eigenvalue weighted by molar-refractivity contribution is -0.121. The van der Waals surface area contributed by atoms with Gasteiger partial charge in [0.2, 0.25) is 5.91 Å². The molecule has 0 unspecified atom stereocenters. The highest BCUT2D eigenvalue weighted by atomic mass is 32.2. The Morgan fingerprint density at radius 2 is 2.22 bits per heavy atom. The molecule has 1 saturated carbocycles. The van der Waals surface area contributed by atoms with Gasteiger partial charge in [-0.25, -0.2) is 9.97 Å². The Morgan fingerprint density at radius 1 is 1.43 bits per heavy atom. The Labute approximate surface area is 143 Å². The van der Waals surface area contributed by atoms with Crippen LogP contribution >= 0.6 is 23.1 Å². The third kappa shape index (κ3) is 3.48. The zero-order valence-corrected chi connectivity index (χ0v) is 14.5. The fraction of sp³-hybridized carbons (Fsp3) is 0.500. The molecule has 7 heteroatoms. The first-order valence-corrected chi connectivity index (χ1v) is 9.48. The molecule has 120 valence electrons. The average molecular weight is 346 g/mol. The molecule has 3 rings (SSSR count). The van der Waals surface area contributed by atoms with Crippen molar-refractivity contribution in [2.75, 3.05) is 0 Å². The van der Waals surface area contributed by atoms with E-state index < -0.39 is 5.54 Å². The molecule has 1 aliphatic rings. The average Bonchev–Trinajstić information content (AvgIpc) is 3.05. The minimum absolute atomic E-state index is 0.0968. The number of thioether (sulfide) groups is 1. The summed E-state index contributed by atoms with van der Waals surface area (Å²) in [4.78, 5) is 22.0. The van der Waals surface area contributed by atoms with Crippen LogP contribution in [0, 0.1) is 11.3 Å². The number of hydrogen-bond donors (Lipinski definition) is 1. The van der Waals surface area contributed by atoms with Gasteiger partial charge >= 0.3 is 0 Å². The smallest absolute Gasteiger partial charge is 0.234 e. The summed E-state index contributed by atoms with van der Waals surface area (Å²) >= 11 is 2.98. The molecule has 5 nitrogen and oxygen atoms in total. The second-order valence-electron chi connectivity index (χ2n) is 5.82. The molecule has 0 spiro atoms. The van der Waals surface area contributed by atoms with Crippen LogP contribution in [0.2, 0.25) is 0 Å². The maximum atomic E-state index is 12.5. The number of nitrogens with zero attached hydrogens (tertiary/aromatic N) is 3. The molecule has 2 heterocycles. The summed E-state index contributed by atoms with van der Waals surface area (Å²) in [5.74, 6) is -0.0968. The molecule has 1 N–H and O–H groups in total. The van der Waals surface area contributed by atoms with E-state index in [-0.39, 0.29) is 11.2 Å². The van der Waals surface area contributed by atoms with Crippen molar-refractivity contribution in [2.45, 2.75) is 54.8 Å². The van der Waals surface area contributed by atoms with Crippen molar-refractivity contribution in [3.05, 3.63) is 17.8 Å². The van der Waals surface area contributed by atoms with E-state index in [0.717, 1.165) is 47.3 Å². The summed E-state index contributed by atoms with van der Waals surface area (Å²) in [5.41, 5.74) is -0.687. The third-order valence-corrected chi connectivity index (χ3v) is 6.10. The molecule has 0 radical (unpaired) electrons. The summed E-state index contributed by atoms with van der Waals surface area (Å²) in [6.45, 7) is 1.86. The zero-order valence-electron chi connectivity index (χ0n) is 12.9. The molecule has 2 aromatic rings. The first kappa shape index (κ1) is 16.2. The Balaban J connectivity index is 1.70. The van der Waals surface area contributed by atoms with Crippen molar-refractivity contribution in [1.82, 2.24) is 15.3 Å². The molecular weight excluding hydrogens is 328 g/mol. The summed E-state index contributed by atoms with van der Waals surface area (Å²) < 4.78 is 0. The largest absolute Gasteiger partial charge is 0.337 e. The first-order valence-electron chi connectivity index (χ1n) is 7.72. The van der Waals surface area contributed by atoms with Crippen molar-refractivity contribution in [3.8, 4) is 6.07 Å². The van der Waals surface area contributed by atoms with Crippen LogP contribution in [0.5, 0.6) is 0 Å². The minimum Gasteiger partial charge on any atom is -0.337 e. The lowest BCUT2D eigenvalue weighted by atomic mass is 9.83. The van der Waals surface area contributed by atoms with E-state index in [1.165, 1.54) is 18.1 Å². The molecule has 1 atom stereocenters. The maximum absolute atomic E-state index is 12.5. The predicted molar refractivity (Wildman–Crippen MR) is 92.3 cm³/mol. The number of hydrogen-bond acceptors (Lipinski definition) is 6. The molecule has 0 aliphatic heterocycles. The number of carbonyl (C=O) groups is 1. The van der Waals surface area contributed by atoms with E-state index in [9.17, 15) is 10.1 Å². The monoisotopic (exact) mass is 346 g/mol. The molecule has 0 saturated heterocycles. The molecule has 1 aliphatic carbocycles. The number of fused-ring (bicyclic) bond motifs is 1. The highest BCUT2D eigenvalue weighted by Gasteiger charge is 2.35. The van der Waals surface area contributed by atoms with E-state index in [0.29, 0.717) is 0 Å². The van der Waals surface area contributed by atoms with Crippen LogP contribution in [0.3, 0.4) is 0 Å². The van der Waals surface area contributed by atoms with Gasteiger partial charge in [0.25, 0.3) is 0 Å². The predicted octanol–water partition coefficient (Wildman–Crippen LogP) is 3.51. The van der Waals surface area contributed by atoms with Crippen molar-refractivity contribution in [2.24, 2.45) is 0 Å². The topological polar surface area (TPSA) is 78.7 Å². The Morgan fingerprint density at radius 3 is 2.96 bits per heavy atom. The van der Waals surface area contributed by atoms with E-state index in [1.807, 2.05) is 18.4 Å². The van der Waals surface area contributed by atoms with Gasteiger partial charge in [-0.05, 0) is 31.2 Å². The summed E-state index contributed by atoms with van der Waals surface area (Å²) in [6.07, 6.45) is 6.15. The Hall–Kier alpha value is -1.65. The van der Waals surface area contributed by atoms with Crippen LogP contribution in [-0.4, -0.2) is 26.7 Å². The van der Waals surface area contributed by atoms with Gasteiger partial charge in [0.15, 0.2) is 0 Å². The van der Waals surface area contributed by atoms with E-state index in [1.54, 1.807) is 11.3 Å². The summed E-state index contributed by atoms with van der Waals surface area (Å²) in [7, 11) is 0. The molecule has 1 fully saturated rings. The van der Waals surface area contributed by atoms with Gasteiger partial charge in [0.1, 0.15) is 21.7 Å². The number of carbonyl (C=O) groups excluding carboxylic acids is 1. The maximum Gasteiger partial charge on any atom is 0.234 e. The minimum atomic E-state index is -0.687. The Bertz CT molecular complexity index is 746. The fourth-order valence-corrected chi connectivity index (χ4v) is 4.54. The molecule has 23 heavy (non-hydrogen) atoms. The normalized spacial score (nSPS) is 18.3. The van der Waals surface area contributed by atoms with Gasteiger partial charge in [-0.15, -0.1) is 11.3 Å². The standard InChI is InChI=1S/C16H18N4OS2/c1-11(13(21)20-16(9-17)6-3-2-4-7-16)23-15-12-5-8-22-14(12)18-10-19-15/h5,8,10-11H,2-4,6-7H2,1H3,(H,20,21)/t11-/m0/s1. The van der Waals surface area contributed by atoms with Crippen molar-refractivity contribution < 1.29 is 4.79 Å². The number of aromatic nitrogens is 2. The summed E-state index contributed by atoms with van der Waals surface area (Å²) in [5, 5.41) is 15.9. The quantitative estimate of drug-likeness (QED) is 0.677. The lowest BCUT2D eigenvalue weighted by Crippen LogP contribution is -2.50. The molecule has 0 aromatic carbocycles. The van der Waals surface area contributed by atoms with Crippen molar-refractivity contribution in [3.63, 3.8) is 0 Å². The number of nitriles is 1. The number of thiophene rings is 1. The number of amides is 1. The van der Waals surface area contributed by atoms with Crippen LogP contribution in [-0.2, 0) is 4.79 Å². The Kier molecular flexibility index (Phi) is 4.83. The van der Waals surface area contributed by atoms with Gasteiger partial charge < -0.3 is 5.32 Å².